The molecule has 0 aliphatic carbocycles. The number of nitrogens with one attached hydrogen (secondary N) is 1. The van der Waals surface area contributed by atoms with Gasteiger partial charge < -0.3 is 10.4 Å². The van der Waals surface area contributed by atoms with Gasteiger partial charge in [-0.3, -0.25) is 4.79 Å². The van der Waals surface area contributed by atoms with Crippen LogP contribution in [0.2, 0.25) is 0 Å². The standard InChI is InChI=1S/C9H17NO2/c1-2-3-7-5-10-6-8(7)4-9(11)12/h7-8,10H,2-6H2,1H3,(H,11,12). The summed E-state index contributed by atoms with van der Waals surface area (Å²) in [5.41, 5.74) is 0. The first-order valence-corrected chi connectivity index (χ1v) is 4.66. The highest BCUT2D eigenvalue weighted by molar-refractivity contribution is 5.67. The zero-order valence-corrected chi connectivity index (χ0v) is 7.55. The fraction of sp³-hybridized carbons (Fsp3) is 0.889. The number of carboxylic acids is 1. The quantitative estimate of drug-likeness (QED) is 0.666. The molecule has 0 spiro atoms. The minimum Gasteiger partial charge on any atom is -0.481 e. The number of rotatable bonds is 4. The molecule has 1 saturated heterocycles. The highest BCUT2D eigenvalue weighted by atomic mass is 16.4. The van der Waals surface area contributed by atoms with Crippen molar-refractivity contribution in [3.05, 3.63) is 0 Å². The molecule has 0 aromatic carbocycles. The van der Waals surface area contributed by atoms with E-state index in [0.717, 1.165) is 25.9 Å². The van der Waals surface area contributed by atoms with Crippen molar-refractivity contribution >= 4 is 5.97 Å². The van der Waals surface area contributed by atoms with Crippen LogP contribution >= 0.6 is 0 Å². The molecule has 3 nitrogen and oxygen atoms in total. The molecule has 0 radical (unpaired) electrons. The second-order valence-corrected chi connectivity index (χ2v) is 3.56. The monoisotopic (exact) mass is 171 g/mol. The average Bonchev–Trinajstić information content (AvgIpc) is 2.37. The Balaban J connectivity index is 2.35. The van der Waals surface area contributed by atoms with Crippen molar-refractivity contribution in [2.75, 3.05) is 13.1 Å². The molecule has 0 bridgehead atoms. The summed E-state index contributed by atoms with van der Waals surface area (Å²) in [6.07, 6.45) is 2.64. The van der Waals surface area contributed by atoms with Gasteiger partial charge in [-0.25, -0.2) is 0 Å². The summed E-state index contributed by atoms with van der Waals surface area (Å²) >= 11 is 0. The molecule has 1 heterocycles. The summed E-state index contributed by atoms with van der Waals surface area (Å²) in [4.78, 5) is 10.5. The van der Waals surface area contributed by atoms with Gasteiger partial charge in [0.2, 0.25) is 0 Å². The van der Waals surface area contributed by atoms with Gasteiger partial charge in [0.25, 0.3) is 0 Å². The third-order valence-corrected chi connectivity index (χ3v) is 2.58. The molecule has 1 aliphatic rings. The molecule has 0 aromatic heterocycles. The van der Waals surface area contributed by atoms with Crippen molar-refractivity contribution in [1.82, 2.24) is 5.32 Å². The molecule has 1 fully saturated rings. The Hall–Kier alpha value is -0.570. The molecule has 0 amide bonds. The topological polar surface area (TPSA) is 49.3 Å². The molecule has 2 atom stereocenters. The maximum absolute atomic E-state index is 10.5. The minimum absolute atomic E-state index is 0.331. The van der Waals surface area contributed by atoms with Gasteiger partial charge in [-0.2, -0.15) is 0 Å². The van der Waals surface area contributed by atoms with Crippen LogP contribution in [0.15, 0.2) is 0 Å². The van der Waals surface area contributed by atoms with Crippen LogP contribution in [0.5, 0.6) is 0 Å². The van der Waals surface area contributed by atoms with E-state index >= 15 is 0 Å². The molecule has 12 heavy (non-hydrogen) atoms. The van der Waals surface area contributed by atoms with E-state index in [2.05, 4.69) is 12.2 Å². The Morgan fingerprint density at radius 3 is 2.75 bits per heavy atom. The summed E-state index contributed by atoms with van der Waals surface area (Å²) in [5.74, 6) is 0.290. The molecule has 0 saturated carbocycles. The molecule has 1 rings (SSSR count). The molecule has 1 aliphatic heterocycles. The van der Waals surface area contributed by atoms with Crippen molar-refractivity contribution in [3.8, 4) is 0 Å². The Bertz CT molecular complexity index is 159. The van der Waals surface area contributed by atoms with Crippen molar-refractivity contribution in [2.45, 2.75) is 26.2 Å². The Morgan fingerprint density at radius 1 is 1.50 bits per heavy atom. The normalized spacial score (nSPS) is 29.1. The highest BCUT2D eigenvalue weighted by Gasteiger charge is 2.27. The largest absolute Gasteiger partial charge is 0.481 e. The van der Waals surface area contributed by atoms with Crippen LogP contribution in [0, 0.1) is 11.8 Å². The Morgan fingerprint density at radius 2 is 2.17 bits per heavy atom. The molecule has 70 valence electrons. The smallest absolute Gasteiger partial charge is 0.303 e. The molecular weight excluding hydrogens is 154 g/mol. The number of aliphatic carboxylic acids is 1. The van der Waals surface area contributed by atoms with Crippen LogP contribution < -0.4 is 5.32 Å². The zero-order valence-electron chi connectivity index (χ0n) is 7.55. The van der Waals surface area contributed by atoms with Crippen molar-refractivity contribution < 1.29 is 9.90 Å². The number of carboxylic acid groups (broad SMARTS) is 1. The second-order valence-electron chi connectivity index (χ2n) is 3.56. The van der Waals surface area contributed by atoms with Crippen LogP contribution in [-0.2, 0) is 4.79 Å². The SMILES string of the molecule is CCCC1CNCC1CC(=O)O. The Kier molecular flexibility index (Phi) is 3.53. The van der Waals surface area contributed by atoms with Crippen LogP contribution in [0.1, 0.15) is 26.2 Å². The van der Waals surface area contributed by atoms with E-state index in [4.69, 9.17) is 5.11 Å². The van der Waals surface area contributed by atoms with Gasteiger partial charge >= 0.3 is 5.97 Å². The summed E-state index contributed by atoms with van der Waals surface area (Å²) in [6.45, 7) is 4.04. The van der Waals surface area contributed by atoms with Gasteiger partial charge in [-0.05, 0) is 31.3 Å². The molecule has 0 aromatic rings. The van der Waals surface area contributed by atoms with E-state index in [9.17, 15) is 4.79 Å². The van der Waals surface area contributed by atoms with Crippen LogP contribution in [0.4, 0.5) is 0 Å². The molecule has 2 unspecified atom stereocenters. The van der Waals surface area contributed by atoms with E-state index in [1.165, 1.54) is 0 Å². The number of hydrogen-bond donors (Lipinski definition) is 2. The molecule has 2 N–H and O–H groups in total. The predicted molar refractivity (Wildman–Crippen MR) is 47.0 cm³/mol. The van der Waals surface area contributed by atoms with Gasteiger partial charge in [-0.15, -0.1) is 0 Å². The van der Waals surface area contributed by atoms with E-state index in [1.807, 2.05) is 0 Å². The van der Waals surface area contributed by atoms with Gasteiger partial charge in [0.1, 0.15) is 0 Å². The third-order valence-electron chi connectivity index (χ3n) is 2.58. The summed E-state index contributed by atoms with van der Waals surface area (Å²) in [6, 6.07) is 0. The summed E-state index contributed by atoms with van der Waals surface area (Å²) in [5, 5.41) is 11.9. The lowest BCUT2D eigenvalue weighted by molar-refractivity contribution is -0.138. The maximum atomic E-state index is 10.5. The first-order valence-electron chi connectivity index (χ1n) is 4.66. The van der Waals surface area contributed by atoms with E-state index < -0.39 is 5.97 Å². The van der Waals surface area contributed by atoms with Crippen molar-refractivity contribution in [2.24, 2.45) is 11.8 Å². The lowest BCUT2D eigenvalue weighted by Crippen LogP contribution is -2.16. The van der Waals surface area contributed by atoms with E-state index in [0.29, 0.717) is 18.3 Å². The van der Waals surface area contributed by atoms with Crippen LogP contribution in [0.25, 0.3) is 0 Å². The molecular formula is C9H17NO2. The Labute approximate surface area is 73.2 Å². The average molecular weight is 171 g/mol. The van der Waals surface area contributed by atoms with Crippen molar-refractivity contribution in [3.63, 3.8) is 0 Å². The van der Waals surface area contributed by atoms with Crippen LogP contribution in [0.3, 0.4) is 0 Å². The van der Waals surface area contributed by atoms with Crippen molar-refractivity contribution in [1.29, 1.82) is 0 Å². The zero-order chi connectivity index (χ0) is 8.97. The van der Waals surface area contributed by atoms with E-state index in [1.54, 1.807) is 0 Å². The van der Waals surface area contributed by atoms with E-state index in [-0.39, 0.29) is 0 Å². The van der Waals surface area contributed by atoms with Crippen LogP contribution in [-0.4, -0.2) is 24.2 Å². The number of carbonyl (C=O) groups is 1. The summed E-state index contributed by atoms with van der Waals surface area (Å²) in [7, 11) is 0. The fourth-order valence-electron chi connectivity index (χ4n) is 1.96. The first-order chi connectivity index (χ1) is 5.74. The number of hydrogen-bond acceptors (Lipinski definition) is 2. The molecule has 3 heteroatoms. The van der Waals surface area contributed by atoms with Gasteiger partial charge in [0.15, 0.2) is 0 Å². The lowest BCUT2D eigenvalue weighted by Gasteiger charge is -2.14. The lowest BCUT2D eigenvalue weighted by atomic mass is 9.89. The second kappa shape index (κ2) is 4.45. The maximum Gasteiger partial charge on any atom is 0.303 e. The first kappa shape index (κ1) is 9.52. The third kappa shape index (κ3) is 2.48. The fourth-order valence-corrected chi connectivity index (χ4v) is 1.96. The van der Waals surface area contributed by atoms with Gasteiger partial charge in [-0.1, -0.05) is 13.3 Å². The highest BCUT2D eigenvalue weighted by Crippen LogP contribution is 2.24. The summed E-state index contributed by atoms with van der Waals surface area (Å²) < 4.78 is 0. The van der Waals surface area contributed by atoms with Gasteiger partial charge in [0, 0.05) is 6.42 Å². The minimum atomic E-state index is -0.662. The van der Waals surface area contributed by atoms with Gasteiger partial charge in [0.05, 0.1) is 0 Å². The predicted octanol–water partition coefficient (Wildman–Crippen LogP) is 1.10.